The van der Waals surface area contributed by atoms with Gasteiger partial charge in [0, 0.05) is 5.56 Å². The first kappa shape index (κ1) is 22.3. The van der Waals surface area contributed by atoms with Gasteiger partial charge in [0.25, 0.3) is 0 Å². The molecule has 0 aliphatic heterocycles. The van der Waals surface area contributed by atoms with Crippen molar-refractivity contribution in [2.45, 2.75) is 70.4 Å². The first-order valence-corrected chi connectivity index (χ1v) is 11.4. The Kier molecular flexibility index (Phi) is 6.41. The maximum atomic E-state index is 14.9. The van der Waals surface area contributed by atoms with E-state index in [1.54, 1.807) is 6.07 Å². The summed E-state index contributed by atoms with van der Waals surface area (Å²) in [6.45, 7) is 2.25. The third-order valence-corrected chi connectivity index (χ3v) is 7.47. The Morgan fingerprint density at radius 1 is 0.839 bits per heavy atom. The lowest BCUT2D eigenvalue weighted by Gasteiger charge is -2.42. The summed E-state index contributed by atoms with van der Waals surface area (Å²) >= 11 is 0. The molecule has 168 valence electrons. The van der Waals surface area contributed by atoms with Crippen molar-refractivity contribution in [2.75, 3.05) is 0 Å². The van der Waals surface area contributed by atoms with Crippen LogP contribution < -0.4 is 0 Å². The van der Waals surface area contributed by atoms with Gasteiger partial charge in [-0.1, -0.05) is 44.4 Å². The smallest absolute Gasteiger partial charge is 0.206 e. The molecular formula is C26H29F5. The minimum absolute atomic E-state index is 0.118. The molecule has 0 heterocycles. The van der Waals surface area contributed by atoms with Crippen LogP contribution in [0.15, 0.2) is 36.4 Å². The van der Waals surface area contributed by atoms with Crippen molar-refractivity contribution in [3.8, 4) is 11.1 Å². The molecule has 0 radical (unpaired) electrons. The van der Waals surface area contributed by atoms with E-state index in [1.165, 1.54) is 44.6 Å². The molecule has 0 nitrogen and oxygen atoms in total. The lowest BCUT2D eigenvalue weighted by molar-refractivity contribution is -0.139. The maximum absolute atomic E-state index is 14.9. The fraction of sp³-hybridized carbons (Fsp3) is 0.538. The fourth-order valence-electron chi connectivity index (χ4n) is 5.89. The highest BCUT2D eigenvalue weighted by molar-refractivity contribution is 5.65. The summed E-state index contributed by atoms with van der Waals surface area (Å²) in [6, 6.07) is 7.51. The maximum Gasteiger partial charge on any atom is 0.419 e. The summed E-state index contributed by atoms with van der Waals surface area (Å²) in [7, 11) is 0. The molecule has 31 heavy (non-hydrogen) atoms. The van der Waals surface area contributed by atoms with E-state index in [2.05, 4.69) is 6.92 Å². The highest BCUT2D eigenvalue weighted by Gasteiger charge is 2.36. The van der Waals surface area contributed by atoms with Crippen molar-refractivity contribution in [1.29, 1.82) is 0 Å². The lowest BCUT2D eigenvalue weighted by atomic mass is 9.63. The molecule has 4 rings (SSSR count). The summed E-state index contributed by atoms with van der Waals surface area (Å²) in [5.41, 5.74) is -0.140. The zero-order chi connectivity index (χ0) is 22.2. The van der Waals surface area contributed by atoms with Crippen LogP contribution in [0.5, 0.6) is 0 Å². The van der Waals surface area contributed by atoms with Crippen molar-refractivity contribution in [3.05, 3.63) is 59.2 Å². The quantitative estimate of drug-likeness (QED) is 0.420. The van der Waals surface area contributed by atoms with Crippen molar-refractivity contribution in [1.82, 2.24) is 0 Å². The second kappa shape index (κ2) is 8.91. The largest absolute Gasteiger partial charge is 0.419 e. The van der Waals surface area contributed by atoms with Gasteiger partial charge in [0.1, 0.15) is 11.6 Å². The minimum Gasteiger partial charge on any atom is -0.206 e. The Hall–Kier alpha value is -1.91. The van der Waals surface area contributed by atoms with Crippen LogP contribution >= 0.6 is 0 Å². The first-order chi connectivity index (χ1) is 14.8. The van der Waals surface area contributed by atoms with Gasteiger partial charge in [-0.2, -0.15) is 13.2 Å². The number of benzene rings is 2. The van der Waals surface area contributed by atoms with E-state index >= 15 is 0 Å². The molecule has 2 aromatic carbocycles. The molecule has 0 aromatic heterocycles. The fourth-order valence-corrected chi connectivity index (χ4v) is 5.89. The lowest BCUT2D eigenvalue weighted by Crippen LogP contribution is -2.30. The van der Waals surface area contributed by atoms with Crippen LogP contribution in [-0.2, 0) is 6.18 Å². The molecule has 2 aliphatic carbocycles. The molecule has 0 bridgehead atoms. The van der Waals surface area contributed by atoms with Crippen molar-refractivity contribution in [3.63, 3.8) is 0 Å². The van der Waals surface area contributed by atoms with Crippen LogP contribution in [0.2, 0.25) is 0 Å². The summed E-state index contributed by atoms with van der Waals surface area (Å²) in [6.07, 6.45) is 5.01. The Bertz CT molecular complexity index is 916. The van der Waals surface area contributed by atoms with Crippen LogP contribution in [0, 0.1) is 29.4 Å². The van der Waals surface area contributed by atoms with Gasteiger partial charge in [0.05, 0.1) is 5.56 Å². The average molecular weight is 437 g/mol. The molecule has 2 aliphatic rings. The number of fused-ring (bicyclic) bond motifs is 1. The molecular weight excluding hydrogens is 407 g/mol. The Morgan fingerprint density at radius 2 is 1.58 bits per heavy atom. The topological polar surface area (TPSA) is 0 Å². The Balaban J connectivity index is 1.48. The second-order valence-corrected chi connectivity index (χ2v) is 9.43. The molecule has 2 saturated carbocycles. The molecule has 4 atom stereocenters. The Labute approximate surface area is 180 Å². The monoisotopic (exact) mass is 436 g/mol. The number of alkyl halides is 3. The van der Waals surface area contributed by atoms with Crippen molar-refractivity contribution >= 4 is 0 Å². The van der Waals surface area contributed by atoms with E-state index in [0.29, 0.717) is 17.9 Å². The third kappa shape index (κ3) is 4.80. The van der Waals surface area contributed by atoms with Crippen LogP contribution in [0.1, 0.15) is 75.3 Å². The van der Waals surface area contributed by atoms with Gasteiger partial charge >= 0.3 is 6.18 Å². The van der Waals surface area contributed by atoms with Gasteiger partial charge in [-0.05, 0) is 85.1 Å². The molecule has 2 aromatic rings. The highest BCUT2D eigenvalue weighted by atomic mass is 19.4. The zero-order valence-electron chi connectivity index (χ0n) is 17.8. The predicted molar refractivity (Wildman–Crippen MR) is 113 cm³/mol. The molecule has 0 N–H and O–H groups in total. The molecule has 0 spiro atoms. The summed E-state index contributed by atoms with van der Waals surface area (Å²) in [5, 5.41) is 0. The van der Waals surface area contributed by atoms with Gasteiger partial charge < -0.3 is 0 Å². The van der Waals surface area contributed by atoms with E-state index in [1.807, 2.05) is 6.07 Å². The normalized spacial score (nSPS) is 26.5. The summed E-state index contributed by atoms with van der Waals surface area (Å²) < 4.78 is 67.2. The Morgan fingerprint density at radius 3 is 2.26 bits per heavy atom. The van der Waals surface area contributed by atoms with Crippen LogP contribution in [0.25, 0.3) is 11.1 Å². The van der Waals surface area contributed by atoms with Crippen LogP contribution in [0.3, 0.4) is 0 Å². The number of hydrogen-bond acceptors (Lipinski definition) is 0. The van der Waals surface area contributed by atoms with E-state index in [9.17, 15) is 22.0 Å². The predicted octanol–water partition coefficient (Wildman–Crippen LogP) is 8.75. The summed E-state index contributed by atoms with van der Waals surface area (Å²) in [5.74, 6) is 0.788. The highest BCUT2D eigenvalue weighted by Crippen LogP contribution is 2.48. The third-order valence-electron chi connectivity index (χ3n) is 7.47. The summed E-state index contributed by atoms with van der Waals surface area (Å²) in [4.78, 5) is 0. The second-order valence-electron chi connectivity index (χ2n) is 9.43. The van der Waals surface area contributed by atoms with E-state index in [0.717, 1.165) is 42.4 Å². The number of rotatable bonds is 4. The number of hydrogen-bond donors (Lipinski definition) is 0. The number of halogens is 5. The van der Waals surface area contributed by atoms with Gasteiger partial charge in [-0.3, -0.25) is 0 Å². The van der Waals surface area contributed by atoms with E-state index in [-0.39, 0.29) is 11.1 Å². The standard InChI is InChI=1S/C26H29F5/c1-2-3-16-4-5-18-13-19(7-6-17(18)12-16)20-8-10-22(24(27)14-20)21-9-11-23(25(28)15-21)26(29,30)31/h8-11,14-19H,2-7,12-13H2,1H3/t16?,17-,18-,19-/m1/s1. The molecule has 1 unspecified atom stereocenters. The van der Waals surface area contributed by atoms with Gasteiger partial charge in [0.15, 0.2) is 0 Å². The SMILES string of the molecule is CCCC1CC[C@@H]2C[C@H](c3ccc(-c4ccc(C(F)(F)F)c(F)c4)c(F)c3)CC[C@@H]2C1. The van der Waals surface area contributed by atoms with Crippen molar-refractivity contribution < 1.29 is 22.0 Å². The van der Waals surface area contributed by atoms with Gasteiger partial charge in [-0.15, -0.1) is 0 Å². The molecule has 2 fully saturated rings. The van der Waals surface area contributed by atoms with Gasteiger partial charge in [-0.25, -0.2) is 8.78 Å². The molecule has 0 saturated heterocycles. The van der Waals surface area contributed by atoms with E-state index in [4.69, 9.17) is 0 Å². The molecule has 5 heteroatoms. The minimum atomic E-state index is -4.76. The average Bonchev–Trinajstić information content (AvgIpc) is 2.72. The van der Waals surface area contributed by atoms with Crippen LogP contribution in [0.4, 0.5) is 22.0 Å². The molecule has 0 amide bonds. The van der Waals surface area contributed by atoms with E-state index < -0.39 is 23.4 Å². The van der Waals surface area contributed by atoms with Crippen molar-refractivity contribution in [2.24, 2.45) is 17.8 Å². The van der Waals surface area contributed by atoms with Crippen LogP contribution in [-0.4, -0.2) is 0 Å². The van der Waals surface area contributed by atoms with Gasteiger partial charge in [0.2, 0.25) is 0 Å². The first-order valence-electron chi connectivity index (χ1n) is 11.4. The zero-order valence-corrected chi connectivity index (χ0v) is 17.8.